The van der Waals surface area contributed by atoms with Crippen molar-refractivity contribution in [1.29, 1.82) is 0 Å². The Kier molecular flexibility index (Phi) is 2.09. The Balaban J connectivity index is 2.78. The Morgan fingerprint density at radius 2 is 2.33 bits per heavy atom. The lowest BCUT2D eigenvalue weighted by atomic mass is 10.4. The molecule has 0 spiro atoms. The number of amides is 1. The van der Waals surface area contributed by atoms with Gasteiger partial charge in [0.1, 0.15) is 5.76 Å². The molecule has 1 heterocycles. The second-order valence-corrected chi connectivity index (χ2v) is 1.97. The molecule has 6 nitrogen and oxygen atoms in total. The van der Waals surface area contributed by atoms with E-state index in [-0.39, 0.29) is 11.5 Å². The van der Waals surface area contributed by atoms with Crippen molar-refractivity contribution in [3.8, 4) is 0 Å². The van der Waals surface area contributed by atoms with Crippen LogP contribution >= 0.6 is 0 Å². The molecule has 0 bridgehead atoms. The summed E-state index contributed by atoms with van der Waals surface area (Å²) in [5.41, 5.74) is 4.56. The minimum atomic E-state index is -1.16. The van der Waals surface area contributed by atoms with Crippen LogP contribution < -0.4 is 5.73 Å². The van der Waals surface area contributed by atoms with Crippen molar-refractivity contribution in [2.45, 2.75) is 6.92 Å². The zero-order chi connectivity index (χ0) is 9.14. The van der Waals surface area contributed by atoms with E-state index < -0.39 is 12.1 Å². The molecule has 0 saturated carbocycles. The minimum absolute atomic E-state index is 0.0474. The van der Waals surface area contributed by atoms with Crippen molar-refractivity contribution in [2.24, 2.45) is 5.73 Å². The van der Waals surface area contributed by atoms with Crippen molar-refractivity contribution >= 4 is 12.1 Å². The van der Waals surface area contributed by atoms with Crippen molar-refractivity contribution < 1.29 is 18.7 Å². The van der Waals surface area contributed by atoms with Gasteiger partial charge in [0.05, 0.1) is 0 Å². The van der Waals surface area contributed by atoms with Crippen LogP contribution in [0.4, 0.5) is 4.79 Å². The van der Waals surface area contributed by atoms with Crippen LogP contribution in [0.1, 0.15) is 16.2 Å². The molecule has 1 amide bonds. The highest BCUT2D eigenvalue weighted by molar-refractivity contribution is 5.95. The summed E-state index contributed by atoms with van der Waals surface area (Å²) in [5, 5.41) is 0. The van der Waals surface area contributed by atoms with E-state index in [0.717, 1.165) is 6.39 Å². The number of aromatic nitrogens is 1. The third-order valence-electron chi connectivity index (χ3n) is 1.13. The fourth-order valence-corrected chi connectivity index (χ4v) is 0.641. The summed E-state index contributed by atoms with van der Waals surface area (Å²) in [4.78, 5) is 24.5. The summed E-state index contributed by atoms with van der Waals surface area (Å²) in [5.74, 6) is -0.630. The molecule has 0 fully saturated rings. The number of hydrogen-bond acceptors (Lipinski definition) is 5. The number of esters is 1. The van der Waals surface area contributed by atoms with Gasteiger partial charge in [0.25, 0.3) is 0 Å². The lowest BCUT2D eigenvalue weighted by Gasteiger charge is -1.94. The first-order valence-electron chi connectivity index (χ1n) is 3.03. The van der Waals surface area contributed by atoms with Gasteiger partial charge in [-0.1, -0.05) is 0 Å². The number of oxazole rings is 1. The van der Waals surface area contributed by atoms with Gasteiger partial charge in [0.15, 0.2) is 12.1 Å². The van der Waals surface area contributed by atoms with E-state index in [0.29, 0.717) is 0 Å². The summed E-state index contributed by atoms with van der Waals surface area (Å²) in [6.45, 7) is 1.52. The molecule has 1 aromatic rings. The van der Waals surface area contributed by atoms with Gasteiger partial charge in [-0.05, 0) is 6.92 Å². The van der Waals surface area contributed by atoms with Crippen LogP contribution in [0.25, 0.3) is 0 Å². The monoisotopic (exact) mass is 170 g/mol. The number of aryl methyl sites for hydroxylation is 1. The molecule has 0 aromatic carbocycles. The molecule has 2 N–H and O–H groups in total. The number of carbonyl (C=O) groups is 2. The first-order valence-corrected chi connectivity index (χ1v) is 3.03. The molecule has 64 valence electrons. The van der Waals surface area contributed by atoms with E-state index in [4.69, 9.17) is 4.42 Å². The number of hydrogen-bond donors (Lipinski definition) is 1. The van der Waals surface area contributed by atoms with Gasteiger partial charge in [-0.3, -0.25) is 0 Å². The molecular weight excluding hydrogens is 164 g/mol. The first-order chi connectivity index (χ1) is 5.61. The van der Waals surface area contributed by atoms with Gasteiger partial charge in [0, 0.05) is 0 Å². The van der Waals surface area contributed by atoms with Crippen LogP contribution in [0.2, 0.25) is 0 Å². The largest absolute Gasteiger partial charge is 0.448 e. The summed E-state index contributed by atoms with van der Waals surface area (Å²) < 4.78 is 8.76. The Morgan fingerprint density at radius 3 is 2.75 bits per heavy atom. The zero-order valence-electron chi connectivity index (χ0n) is 6.23. The van der Waals surface area contributed by atoms with Crippen molar-refractivity contribution in [1.82, 2.24) is 4.98 Å². The predicted molar refractivity (Wildman–Crippen MR) is 36.2 cm³/mol. The minimum Gasteiger partial charge on any atom is -0.448 e. The molecular formula is C6H6N2O4. The average Bonchev–Trinajstić information content (AvgIpc) is 2.33. The summed E-state index contributed by atoms with van der Waals surface area (Å²) in [6.07, 6.45) is -0.0881. The fraction of sp³-hybridized carbons (Fsp3) is 0.167. The molecule has 0 saturated heterocycles. The van der Waals surface area contributed by atoms with Crippen LogP contribution in [0.15, 0.2) is 10.8 Å². The summed E-state index contributed by atoms with van der Waals surface area (Å²) in [7, 11) is 0. The SMILES string of the molecule is Cc1ocnc1C(=O)OC(N)=O. The molecule has 1 rings (SSSR count). The molecule has 0 aliphatic carbocycles. The fourth-order valence-electron chi connectivity index (χ4n) is 0.641. The number of nitrogens with two attached hydrogens (primary N) is 1. The zero-order valence-corrected chi connectivity index (χ0v) is 6.23. The average molecular weight is 170 g/mol. The van der Waals surface area contributed by atoms with E-state index in [1.54, 1.807) is 0 Å². The molecule has 0 aliphatic heterocycles. The normalized spacial score (nSPS) is 9.42. The number of rotatable bonds is 1. The van der Waals surface area contributed by atoms with Crippen LogP contribution in [-0.4, -0.2) is 17.0 Å². The van der Waals surface area contributed by atoms with E-state index in [1.807, 2.05) is 0 Å². The highest BCUT2D eigenvalue weighted by Gasteiger charge is 2.16. The highest BCUT2D eigenvalue weighted by Crippen LogP contribution is 2.05. The number of ether oxygens (including phenoxy) is 1. The number of primary amides is 1. The van der Waals surface area contributed by atoms with Gasteiger partial charge in [0.2, 0.25) is 0 Å². The number of nitrogens with zero attached hydrogens (tertiary/aromatic N) is 1. The Morgan fingerprint density at radius 1 is 1.67 bits per heavy atom. The molecule has 0 unspecified atom stereocenters. The van der Waals surface area contributed by atoms with Crippen LogP contribution in [0, 0.1) is 6.92 Å². The molecule has 0 atom stereocenters. The first kappa shape index (κ1) is 8.25. The maximum Gasteiger partial charge on any atom is 0.412 e. The van der Waals surface area contributed by atoms with Crippen molar-refractivity contribution in [3.05, 3.63) is 17.8 Å². The molecule has 12 heavy (non-hydrogen) atoms. The van der Waals surface area contributed by atoms with E-state index in [9.17, 15) is 9.59 Å². The quantitative estimate of drug-likeness (QED) is 0.480. The Hall–Kier alpha value is -1.85. The van der Waals surface area contributed by atoms with Crippen molar-refractivity contribution in [3.63, 3.8) is 0 Å². The van der Waals surface area contributed by atoms with Gasteiger partial charge in [-0.2, -0.15) is 0 Å². The standard InChI is InChI=1S/C6H6N2O4/c1-3-4(8-2-11-3)5(9)12-6(7)10/h2H,1H3,(H2,7,10). The van der Waals surface area contributed by atoms with E-state index in [2.05, 4.69) is 15.5 Å². The van der Waals surface area contributed by atoms with Gasteiger partial charge >= 0.3 is 12.1 Å². The predicted octanol–water partition coefficient (Wildman–Crippen LogP) is 0.219. The van der Waals surface area contributed by atoms with E-state index >= 15 is 0 Å². The summed E-state index contributed by atoms with van der Waals surface area (Å²) >= 11 is 0. The maximum absolute atomic E-state index is 10.9. The lowest BCUT2D eigenvalue weighted by Crippen LogP contribution is -2.19. The molecule has 0 radical (unpaired) electrons. The van der Waals surface area contributed by atoms with Crippen LogP contribution in [0.3, 0.4) is 0 Å². The Bertz CT molecular complexity index is 317. The van der Waals surface area contributed by atoms with Gasteiger partial charge < -0.3 is 14.9 Å². The Labute approximate surface area is 67.3 Å². The van der Waals surface area contributed by atoms with Gasteiger partial charge in [-0.25, -0.2) is 14.6 Å². The summed E-state index contributed by atoms with van der Waals surface area (Å²) in [6, 6.07) is 0. The van der Waals surface area contributed by atoms with Crippen LogP contribution in [-0.2, 0) is 4.74 Å². The molecule has 0 aliphatic rings. The third-order valence-corrected chi connectivity index (χ3v) is 1.13. The third kappa shape index (κ3) is 1.60. The van der Waals surface area contributed by atoms with E-state index in [1.165, 1.54) is 6.92 Å². The smallest absolute Gasteiger partial charge is 0.412 e. The second-order valence-electron chi connectivity index (χ2n) is 1.97. The van der Waals surface area contributed by atoms with Gasteiger partial charge in [-0.15, -0.1) is 0 Å². The highest BCUT2D eigenvalue weighted by atomic mass is 16.6. The molecule has 1 aromatic heterocycles. The lowest BCUT2D eigenvalue weighted by molar-refractivity contribution is 0.0631. The topological polar surface area (TPSA) is 95.4 Å². The number of carbonyl (C=O) groups excluding carboxylic acids is 2. The maximum atomic E-state index is 10.9. The van der Waals surface area contributed by atoms with Crippen LogP contribution in [0.5, 0.6) is 0 Å². The van der Waals surface area contributed by atoms with Crippen molar-refractivity contribution in [2.75, 3.05) is 0 Å². The molecule has 6 heteroatoms. The second kappa shape index (κ2) is 3.04.